The Labute approximate surface area is 73.8 Å². The molecule has 5 heteroatoms. The van der Waals surface area contributed by atoms with Gasteiger partial charge in [-0.3, -0.25) is 0 Å². The Morgan fingerprint density at radius 3 is 2.77 bits per heavy atom. The fraction of sp³-hybridized carbons (Fsp3) is 0.125. The quantitative estimate of drug-likeness (QED) is 0.593. The highest BCUT2D eigenvalue weighted by molar-refractivity contribution is 5.45. The molecule has 0 spiro atoms. The molecular formula is C8H7FN2O2. The predicted molar refractivity (Wildman–Crippen MR) is 41.4 cm³/mol. The molecule has 0 aliphatic rings. The Balaban J connectivity index is 3.16. The van der Waals surface area contributed by atoms with Gasteiger partial charge in [0, 0.05) is 6.54 Å². The molecular weight excluding hydrogens is 175 g/mol. The molecule has 0 bridgehead atoms. The average Bonchev–Trinajstić information content (AvgIpc) is 2.11. The number of aromatic hydroxyl groups is 1. The molecule has 0 atom stereocenters. The number of rotatable bonds is 2. The molecule has 4 nitrogen and oxygen atoms in total. The molecule has 68 valence electrons. The van der Waals surface area contributed by atoms with Gasteiger partial charge in [-0.2, -0.15) is 5.26 Å². The smallest absolute Gasteiger partial charge is 0.169 e. The van der Waals surface area contributed by atoms with Crippen molar-refractivity contribution in [3.8, 4) is 11.8 Å². The molecule has 0 amide bonds. The van der Waals surface area contributed by atoms with Gasteiger partial charge in [-0.25, -0.2) is 9.87 Å². The number of benzene rings is 1. The average molecular weight is 182 g/mol. The minimum atomic E-state index is -0.871. The number of halogens is 1. The number of hydrogen-bond acceptors (Lipinski definition) is 4. The van der Waals surface area contributed by atoms with E-state index in [-0.39, 0.29) is 12.1 Å². The summed E-state index contributed by atoms with van der Waals surface area (Å²) in [6, 6.07) is 3.97. The summed E-state index contributed by atoms with van der Waals surface area (Å²) in [5.74, 6) is -1.53. The van der Waals surface area contributed by atoms with E-state index in [0.717, 1.165) is 6.07 Å². The lowest BCUT2D eigenvalue weighted by molar-refractivity contribution is 0.161. The van der Waals surface area contributed by atoms with E-state index < -0.39 is 11.6 Å². The van der Waals surface area contributed by atoms with Crippen LogP contribution in [-0.4, -0.2) is 10.3 Å². The standard InChI is InChI=1S/C8H7FN2O2/c9-7-2-5(4-11-13)1-6(3-10)8(7)12/h1-2,11-13H,4H2. The third kappa shape index (κ3) is 1.93. The van der Waals surface area contributed by atoms with Gasteiger partial charge in [0.15, 0.2) is 11.6 Å². The lowest BCUT2D eigenvalue weighted by Gasteiger charge is -2.02. The topological polar surface area (TPSA) is 76.3 Å². The molecule has 0 aliphatic carbocycles. The predicted octanol–water partition coefficient (Wildman–Crippen LogP) is 0.882. The number of phenols is 1. The maximum atomic E-state index is 12.8. The van der Waals surface area contributed by atoms with Crippen molar-refractivity contribution in [3.63, 3.8) is 0 Å². The van der Waals surface area contributed by atoms with Crippen LogP contribution in [0.15, 0.2) is 12.1 Å². The van der Waals surface area contributed by atoms with Crippen molar-refractivity contribution in [2.45, 2.75) is 6.54 Å². The first kappa shape index (κ1) is 9.45. The van der Waals surface area contributed by atoms with Crippen molar-refractivity contribution in [1.82, 2.24) is 5.48 Å². The number of phenolic OH excluding ortho intramolecular Hbond substituents is 1. The Bertz CT molecular complexity index is 360. The van der Waals surface area contributed by atoms with Crippen molar-refractivity contribution < 1.29 is 14.7 Å². The van der Waals surface area contributed by atoms with E-state index in [2.05, 4.69) is 0 Å². The van der Waals surface area contributed by atoms with Gasteiger partial charge in [0.1, 0.15) is 6.07 Å². The van der Waals surface area contributed by atoms with Crippen LogP contribution in [-0.2, 0) is 6.54 Å². The van der Waals surface area contributed by atoms with E-state index in [1.807, 2.05) is 5.48 Å². The van der Waals surface area contributed by atoms with Gasteiger partial charge in [0.25, 0.3) is 0 Å². The summed E-state index contributed by atoms with van der Waals surface area (Å²) in [4.78, 5) is 0. The van der Waals surface area contributed by atoms with Crippen LogP contribution in [0.2, 0.25) is 0 Å². The van der Waals surface area contributed by atoms with Crippen molar-refractivity contribution in [3.05, 3.63) is 29.1 Å². The van der Waals surface area contributed by atoms with Crippen molar-refractivity contribution in [2.24, 2.45) is 0 Å². The second kappa shape index (κ2) is 3.85. The highest BCUT2D eigenvalue weighted by Gasteiger charge is 2.08. The van der Waals surface area contributed by atoms with Crippen LogP contribution >= 0.6 is 0 Å². The van der Waals surface area contributed by atoms with Crippen LogP contribution in [0, 0.1) is 17.1 Å². The SMILES string of the molecule is N#Cc1cc(CNO)cc(F)c1O. The van der Waals surface area contributed by atoms with Gasteiger partial charge in [0.2, 0.25) is 0 Å². The van der Waals surface area contributed by atoms with Gasteiger partial charge in [-0.1, -0.05) is 0 Å². The fourth-order valence-corrected chi connectivity index (χ4v) is 0.934. The number of nitrogens with one attached hydrogen (secondary N) is 1. The van der Waals surface area contributed by atoms with Crippen LogP contribution in [0.3, 0.4) is 0 Å². The third-order valence-electron chi connectivity index (χ3n) is 1.53. The minimum Gasteiger partial charge on any atom is -0.504 e. The van der Waals surface area contributed by atoms with Crippen LogP contribution in [0.4, 0.5) is 4.39 Å². The number of hydroxylamine groups is 1. The molecule has 3 N–H and O–H groups in total. The van der Waals surface area contributed by atoms with E-state index >= 15 is 0 Å². The lowest BCUT2D eigenvalue weighted by atomic mass is 10.1. The molecule has 1 aromatic rings. The van der Waals surface area contributed by atoms with Crippen molar-refractivity contribution in [2.75, 3.05) is 0 Å². The highest BCUT2D eigenvalue weighted by Crippen LogP contribution is 2.22. The zero-order chi connectivity index (χ0) is 9.84. The lowest BCUT2D eigenvalue weighted by Crippen LogP contribution is -2.06. The largest absolute Gasteiger partial charge is 0.504 e. The zero-order valence-electron chi connectivity index (χ0n) is 6.58. The second-order valence-corrected chi connectivity index (χ2v) is 2.42. The molecule has 0 unspecified atom stereocenters. The van der Waals surface area contributed by atoms with E-state index in [1.165, 1.54) is 6.07 Å². The van der Waals surface area contributed by atoms with E-state index in [4.69, 9.17) is 15.6 Å². The van der Waals surface area contributed by atoms with Gasteiger partial charge < -0.3 is 10.3 Å². The summed E-state index contributed by atoms with van der Waals surface area (Å²) < 4.78 is 12.8. The Morgan fingerprint density at radius 2 is 2.23 bits per heavy atom. The van der Waals surface area contributed by atoms with Crippen LogP contribution in [0.5, 0.6) is 5.75 Å². The number of hydrogen-bond donors (Lipinski definition) is 3. The second-order valence-electron chi connectivity index (χ2n) is 2.42. The molecule has 1 rings (SSSR count). The fourth-order valence-electron chi connectivity index (χ4n) is 0.934. The van der Waals surface area contributed by atoms with E-state index in [0.29, 0.717) is 5.56 Å². The molecule has 0 aromatic heterocycles. The minimum absolute atomic E-state index is 0.0197. The summed E-state index contributed by atoms with van der Waals surface area (Å²) in [6.45, 7) is 0.0197. The Hall–Kier alpha value is -1.64. The van der Waals surface area contributed by atoms with Crippen LogP contribution in [0.25, 0.3) is 0 Å². The molecule has 0 saturated carbocycles. The molecule has 0 radical (unpaired) electrons. The monoisotopic (exact) mass is 182 g/mol. The first-order valence-electron chi connectivity index (χ1n) is 3.47. The molecule has 0 heterocycles. The molecule has 13 heavy (non-hydrogen) atoms. The highest BCUT2D eigenvalue weighted by atomic mass is 19.1. The van der Waals surface area contributed by atoms with Crippen molar-refractivity contribution >= 4 is 0 Å². The maximum absolute atomic E-state index is 12.8. The molecule has 1 aromatic carbocycles. The first-order chi connectivity index (χ1) is 6.19. The zero-order valence-corrected chi connectivity index (χ0v) is 6.58. The summed E-state index contributed by atoms with van der Waals surface area (Å²) in [7, 11) is 0. The van der Waals surface area contributed by atoms with Gasteiger partial charge in [0.05, 0.1) is 5.56 Å². The van der Waals surface area contributed by atoms with Gasteiger partial charge in [-0.15, -0.1) is 0 Å². The Morgan fingerprint density at radius 1 is 1.54 bits per heavy atom. The Kier molecular flexibility index (Phi) is 2.80. The maximum Gasteiger partial charge on any atom is 0.169 e. The summed E-state index contributed by atoms with van der Waals surface area (Å²) in [6.07, 6.45) is 0. The van der Waals surface area contributed by atoms with Crippen LogP contribution in [0.1, 0.15) is 11.1 Å². The van der Waals surface area contributed by atoms with E-state index in [9.17, 15) is 4.39 Å². The summed E-state index contributed by atoms with van der Waals surface area (Å²) in [5, 5.41) is 25.8. The van der Waals surface area contributed by atoms with Gasteiger partial charge in [-0.05, 0) is 17.7 Å². The number of nitrogens with zero attached hydrogens (tertiary/aromatic N) is 1. The molecule has 0 fully saturated rings. The molecule has 0 aliphatic heterocycles. The summed E-state index contributed by atoms with van der Waals surface area (Å²) >= 11 is 0. The van der Waals surface area contributed by atoms with Crippen molar-refractivity contribution in [1.29, 1.82) is 5.26 Å². The third-order valence-corrected chi connectivity index (χ3v) is 1.53. The normalized spacial score (nSPS) is 9.62. The summed E-state index contributed by atoms with van der Waals surface area (Å²) in [5.41, 5.74) is 2.06. The molecule has 0 saturated heterocycles. The van der Waals surface area contributed by atoms with E-state index in [1.54, 1.807) is 6.07 Å². The van der Waals surface area contributed by atoms with Crippen LogP contribution < -0.4 is 5.48 Å². The number of nitriles is 1. The first-order valence-corrected chi connectivity index (χ1v) is 3.47. The van der Waals surface area contributed by atoms with Gasteiger partial charge >= 0.3 is 0 Å².